The van der Waals surface area contributed by atoms with Crippen molar-refractivity contribution in [3.05, 3.63) is 54.1 Å². The number of ether oxygens (including phenoxy) is 1. The molecule has 0 saturated heterocycles. The van der Waals surface area contributed by atoms with Gasteiger partial charge in [0.2, 0.25) is 0 Å². The molecule has 0 aliphatic rings. The van der Waals surface area contributed by atoms with E-state index in [9.17, 15) is 0 Å². The number of aromatic nitrogens is 2. The predicted molar refractivity (Wildman–Crippen MR) is 80.5 cm³/mol. The number of hydrogen-bond acceptors (Lipinski definition) is 3. The summed E-state index contributed by atoms with van der Waals surface area (Å²) in [6.45, 7) is 3.14. The van der Waals surface area contributed by atoms with Crippen molar-refractivity contribution in [2.24, 2.45) is 0 Å². The zero-order valence-corrected chi connectivity index (χ0v) is 12.4. The molecule has 108 valence electrons. The van der Waals surface area contributed by atoms with Gasteiger partial charge in [0, 0.05) is 26.0 Å². The first-order valence-corrected chi connectivity index (χ1v) is 7.07. The lowest BCUT2D eigenvalue weighted by Gasteiger charge is -2.26. The molecule has 0 spiro atoms. The first-order chi connectivity index (χ1) is 9.81. The summed E-state index contributed by atoms with van der Waals surface area (Å²) in [5.41, 5.74) is 1.15. The summed E-state index contributed by atoms with van der Waals surface area (Å²) in [5.74, 6) is 1.02. The number of imidazole rings is 1. The summed E-state index contributed by atoms with van der Waals surface area (Å²) in [6.07, 6.45) is 4.91. The van der Waals surface area contributed by atoms with Gasteiger partial charge in [0.05, 0.1) is 6.04 Å². The molecular formula is C16H23N3O. The van der Waals surface area contributed by atoms with Gasteiger partial charge in [0.25, 0.3) is 0 Å². The van der Waals surface area contributed by atoms with Gasteiger partial charge in [-0.25, -0.2) is 4.98 Å². The second kappa shape index (κ2) is 7.22. The smallest absolute Gasteiger partial charge is 0.128 e. The van der Waals surface area contributed by atoms with Crippen molar-refractivity contribution in [1.82, 2.24) is 14.9 Å². The van der Waals surface area contributed by atoms with Crippen LogP contribution < -0.4 is 5.32 Å². The van der Waals surface area contributed by atoms with Gasteiger partial charge in [-0.15, -0.1) is 0 Å². The fourth-order valence-electron chi connectivity index (χ4n) is 2.55. The number of benzene rings is 1. The Morgan fingerprint density at radius 1 is 1.30 bits per heavy atom. The molecule has 2 rings (SSSR count). The average molecular weight is 273 g/mol. The van der Waals surface area contributed by atoms with Crippen LogP contribution in [0.1, 0.15) is 36.9 Å². The molecule has 0 aliphatic carbocycles. The van der Waals surface area contributed by atoms with Gasteiger partial charge in [-0.2, -0.15) is 0 Å². The molecule has 20 heavy (non-hydrogen) atoms. The van der Waals surface area contributed by atoms with Gasteiger partial charge in [0.15, 0.2) is 0 Å². The van der Waals surface area contributed by atoms with E-state index >= 15 is 0 Å². The maximum absolute atomic E-state index is 5.73. The van der Waals surface area contributed by atoms with Gasteiger partial charge >= 0.3 is 0 Å². The Labute approximate surface area is 120 Å². The Bertz CT molecular complexity index is 509. The molecular weight excluding hydrogens is 250 g/mol. The van der Waals surface area contributed by atoms with E-state index < -0.39 is 0 Å². The summed E-state index contributed by atoms with van der Waals surface area (Å²) < 4.78 is 7.92. The van der Waals surface area contributed by atoms with Crippen LogP contribution in [0.4, 0.5) is 0 Å². The molecule has 4 nitrogen and oxygen atoms in total. The van der Waals surface area contributed by atoms with E-state index in [4.69, 9.17) is 4.74 Å². The number of methoxy groups -OCH3 is 1. The molecule has 1 heterocycles. The second-order valence-corrected chi connectivity index (χ2v) is 4.81. The van der Waals surface area contributed by atoms with Gasteiger partial charge in [0.1, 0.15) is 11.9 Å². The highest BCUT2D eigenvalue weighted by atomic mass is 16.5. The maximum atomic E-state index is 5.73. The molecule has 0 bridgehead atoms. The second-order valence-electron chi connectivity index (χ2n) is 4.81. The normalized spacial score (nSPS) is 14.2. The monoisotopic (exact) mass is 273 g/mol. The van der Waals surface area contributed by atoms with E-state index in [0.717, 1.165) is 24.4 Å². The quantitative estimate of drug-likeness (QED) is 0.843. The van der Waals surface area contributed by atoms with Gasteiger partial charge in [-0.3, -0.25) is 0 Å². The fourth-order valence-corrected chi connectivity index (χ4v) is 2.55. The van der Waals surface area contributed by atoms with Crippen molar-refractivity contribution < 1.29 is 4.74 Å². The molecule has 0 aliphatic heterocycles. The van der Waals surface area contributed by atoms with Crippen LogP contribution in [-0.4, -0.2) is 23.7 Å². The van der Waals surface area contributed by atoms with E-state index in [1.54, 1.807) is 7.11 Å². The number of hydrogen-bond donors (Lipinski definition) is 1. The SMILES string of the molecule is CCCn1ccnc1C(NC)C(OC)c1ccccc1. The van der Waals surface area contributed by atoms with E-state index in [2.05, 4.69) is 33.9 Å². The Kier molecular flexibility index (Phi) is 5.32. The van der Waals surface area contributed by atoms with Crippen molar-refractivity contribution in [2.75, 3.05) is 14.2 Å². The first-order valence-electron chi connectivity index (χ1n) is 7.07. The minimum absolute atomic E-state index is 0.0314. The van der Waals surface area contributed by atoms with Crippen LogP contribution in [0.5, 0.6) is 0 Å². The minimum Gasteiger partial charge on any atom is -0.375 e. The summed E-state index contributed by atoms with van der Waals surface area (Å²) in [5, 5.41) is 3.34. The molecule has 0 fully saturated rings. The van der Waals surface area contributed by atoms with E-state index in [0.29, 0.717) is 0 Å². The number of nitrogens with one attached hydrogen (secondary N) is 1. The molecule has 1 aromatic carbocycles. The summed E-state index contributed by atoms with van der Waals surface area (Å²) in [4.78, 5) is 4.52. The minimum atomic E-state index is -0.0563. The molecule has 1 aromatic heterocycles. The zero-order valence-electron chi connectivity index (χ0n) is 12.4. The third-order valence-electron chi connectivity index (χ3n) is 3.49. The number of aryl methyl sites for hydroxylation is 1. The molecule has 1 N–H and O–H groups in total. The summed E-state index contributed by atoms with van der Waals surface area (Å²) in [7, 11) is 3.69. The van der Waals surface area contributed by atoms with E-state index in [1.807, 2.05) is 37.6 Å². The molecule has 0 radical (unpaired) electrons. The largest absolute Gasteiger partial charge is 0.375 e. The third-order valence-corrected chi connectivity index (χ3v) is 3.49. The average Bonchev–Trinajstić information content (AvgIpc) is 2.94. The van der Waals surface area contributed by atoms with E-state index in [1.165, 1.54) is 0 Å². The Morgan fingerprint density at radius 2 is 2.05 bits per heavy atom. The highest BCUT2D eigenvalue weighted by Crippen LogP contribution is 2.30. The molecule has 0 saturated carbocycles. The van der Waals surface area contributed by atoms with Gasteiger partial charge < -0.3 is 14.6 Å². The molecule has 0 amide bonds. The predicted octanol–water partition coefficient (Wildman–Crippen LogP) is 2.94. The van der Waals surface area contributed by atoms with Crippen LogP contribution in [0.3, 0.4) is 0 Å². The van der Waals surface area contributed by atoms with Crippen LogP contribution in [0, 0.1) is 0 Å². The van der Waals surface area contributed by atoms with E-state index in [-0.39, 0.29) is 12.1 Å². The van der Waals surface area contributed by atoms with Crippen LogP contribution >= 0.6 is 0 Å². The Morgan fingerprint density at radius 3 is 2.65 bits per heavy atom. The molecule has 2 unspecified atom stereocenters. The standard InChI is InChI=1S/C16H23N3O/c1-4-11-19-12-10-18-16(19)14(17-2)15(20-3)13-8-6-5-7-9-13/h5-10,12,14-15,17H,4,11H2,1-3H3. The fraction of sp³-hybridized carbons (Fsp3) is 0.438. The lowest BCUT2D eigenvalue weighted by Crippen LogP contribution is -2.28. The molecule has 2 atom stereocenters. The summed E-state index contributed by atoms with van der Waals surface area (Å²) >= 11 is 0. The Balaban J connectivity index is 2.32. The Hall–Kier alpha value is -1.65. The molecule has 2 aromatic rings. The van der Waals surface area contributed by atoms with Crippen molar-refractivity contribution in [1.29, 1.82) is 0 Å². The van der Waals surface area contributed by atoms with Crippen molar-refractivity contribution in [2.45, 2.75) is 32.0 Å². The van der Waals surface area contributed by atoms with Gasteiger partial charge in [-0.1, -0.05) is 37.3 Å². The van der Waals surface area contributed by atoms with Crippen molar-refractivity contribution in [3.63, 3.8) is 0 Å². The van der Waals surface area contributed by atoms with Crippen molar-refractivity contribution in [3.8, 4) is 0 Å². The third kappa shape index (κ3) is 3.08. The van der Waals surface area contributed by atoms with Crippen LogP contribution in [0.25, 0.3) is 0 Å². The zero-order chi connectivity index (χ0) is 14.4. The van der Waals surface area contributed by atoms with Crippen LogP contribution in [-0.2, 0) is 11.3 Å². The van der Waals surface area contributed by atoms with Crippen LogP contribution in [0.15, 0.2) is 42.7 Å². The lowest BCUT2D eigenvalue weighted by molar-refractivity contribution is 0.0662. The lowest BCUT2D eigenvalue weighted by atomic mass is 10.0. The van der Waals surface area contributed by atoms with Crippen molar-refractivity contribution >= 4 is 0 Å². The number of likely N-dealkylation sites (N-methyl/N-ethyl adjacent to an activating group) is 1. The summed E-state index contributed by atoms with van der Waals surface area (Å²) in [6, 6.07) is 10.3. The first kappa shape index (κ1) is 14.8. The number of rotatable bonds is 7. The highest BCUT2D eigenvalue weighted by molar-refractivity contribution is 5.21. The van der Waals surface area contributed by atoms with Crippen LogP contribution in [0.2, 0.25) is 0 Å². The van der Waals surface area contributed by atoms with Gasteiger partial charge in [-0.05, 0) is 19.0 Å². The molecule has 4 heteroatoms. The maximum Gasteiger partial charge on any atom is 0.128 e. The topological polar surface area (TPSA) is 39.1 Å². The number of nitrogens with zero attached hydrogens (tertiary/aromatic N) is 2. The highest BCUT2D eigenvalue weighted by Gasteiger charge is 2.26.